The molecule has 3 heterocycles. The molecule has 2 aromatic carbocycles. The topological polar surface area (TPSA) is 92.4 Å². The number of fused-ring (bicyclic) bond motifs is 2. The van der Waals surface area contributed by atoms with Crippen LogP contribution in [0, 0.1) is 0 Å². The lowest BCUT2D eigenvalue weighted by atomic mass is 9.91. The summed E-state index contributed by atoms with van der Waals surface area (Å²) in [5.74, 6) is 1.56. The number of carbonyl (C=O) groups is 1. The van der Waals surface area contributed by atoms with E-state index < -0.39 is 0 Å². The number of anilines is 1. The summed E-state index contributed by atoms with van der Waals surface area (Å²) in [5, 5.41) is 5.06. The highest BCUT2D eigenvalue weighted by atomic mass is 16.5. The Balaban J connectivity index is 1.30. The highest BCUT2D eigenvalue weighted by Crippen LogP contribution is 2.36. The lowest BCUT2D eigenvalue weighted by molar-refractivity contribution is 0.194. The molecule has 2 N–H and O–H groups in total. The Kier molecular flexibility index (Phi) is 5.26. The quantitative estimate of drug-likeness (QED) is 0.495. The third kappa shape index (κ3) is 3.68. The molecule has 2 amide bonds. The van der Waals surface area contributed by atoms with E-state index in [1.807, 2.05) is 47.5 Å². The van der Waals surface area contributed by atoms with E-state index in [-0.39, 0.29) is 11.9 Å². The number of carbonyl (C=O) groups excluding carboxylic acids is 1. The summed E-state index contributed by atoms with van der Waals surface area (Å²) in [6, 6.07) is 11.6. The van der Waals surface area contributed by atoms with Gasteiger partial charge in [0, 0.05) is 53.2 Å². The van der Waals surface area contributed by atoms with Gasteiger partial charge in [0.2, 0.25) is 0 Å². The van der Waals surface area contributed by atoms with E-state index in [1.54, 1.807) is 20.5 Å². The minimum Gasteiger partial charge on any atom is -0.493 e. The lowest BCUT2D eigenvalue weighted by Crippen LogP contribution is -2.40. The van der Waals surface area contributed by atoms with Crippen molar-refractivity contribution < 1.29 is 14.3 Å². The maximum Gasteiger partial charge on any atom is 0.321 e. The zero-order chi connectivity index (χ0) is 22.1. The number of hydrogen-bond acceptors (Lipinski definition) is 5. The molecule has 0 atom stereocenters. The van der Waals surface area contributed by atoms with Gasteiger partial charge in [-0.15, -0.1) is 0 Å². The molecule has 0 bridgehead atoms. The van der Waals surface area contributed by atoms with Crippen LogP contribution in [0.4, 0.5) is 10.5 Å². The molecule has 0 radical (unpaired) electrons. The summed E-state index contributed by atoms with van der Waals surface area (Å²) in [6.45, 7) is 1.34. The van der Waals surface area contributed by atoms with Crippen LogP contribution in [-0.2, 0) is 0 Å². The van der Waals surface area contributed by atoms with Crippen LogP contribution in [0.3, 0.4) is 0 Å². The Labute approximate surface area is 185 Å². The van der Waals surface area contributed by atoms with E-state index in [2.05, 4.69) is 20.3 Å². The number of piperidine rings is 1. The number of ether oxygens (including phenoxy) is 2. The monoisotopic (exact) mass is 431 g/mol. The number of likely N-dealkylation sites (tertiary alicyclic amines) is 1. The Bertz CT molecular complexity index is 1280. The summed E-state index contributed by atoms with van der Waals surface area (Å²) < 4.78 is 10.9. The molecular formula is C24H25N5O3. The van der Waals surface area contributed by atoms with Crippen molar-refractivity contribution in [2.45, 2.75) is 18.8 Å². The Hall–Kier alpha value is -3.81. The van der Waals surface area contributed by atoms with Crippen LogP contribution in [0.1, 0.15) is 24.5 Å². The molecule has 8 nitrogen and oxygen atoms in total. The number of nitrogens with zero attached hydrogens (tertiary/aromatic N) is 3. The van der Waals surface area contributed by atoms with Gasteiger partial charge in [-0.3, -0.25) is 0 Å². The van der Waals surface area contributed by atoms with Crippen LogP contribution in [-0.4, -0.2) is 53.2 Å². The van der Waals surface area contributed by atoms with Crippen LogP contribution in [0.15, 0.2) is 48.9 Å². The number of H-pyrrole nitrogens is 1. The Morgan fingerprint density at radius 3 is 2.62 bits per heavy atom. The summed E-state index contributed by atoms with van der Waals surface area (Å²) in [6.07, 6.45) is 5.17. The van der Waals surface area contributed by atoms with E-state index in [1.165, 1.54) is 0 Å². The number of hydrogen-bond donors (Lipinski definition) is 2. The van der Waals surface area contributed by atoms with Gasteiger partial charge in [-0.25, -0.2) is 14.8 Å². The van der Waals surface area contributed by atoms with Crippen molar-refractivity contribution in [2.24, 2.45) is 0 Å². The molecule has 0 spiro atoms. The van der Waals surface area contributed by atoms with Gasteiger partial charge in [-0.05, 0) is 43.2 Å². The average molecular weight is 431 g/mol. The molecule has 1 aliphatic heterocycles. The van der Waals surface area contributed by atoms with Gasteiger partial charge in [0.15, 0.2) is 11.5 Å². The van der Waals surface area contributed by atoms with Crippen LogP contribution >= 0.6 is 0 Å². The summed E-state index contributed by atoms with van der Waals surface area (Å²) >= 11 is 0. The van der Waals surface area contributed by atoms with Gasteiger partial charge in [0.25, 0.3) is 0 Å². The maximum atomic E-state index is 12.8. The maximum absolute atomic E-state index is 12.8. The van der Waals surface area contributed by atoms with Crippen molar-refractivity contribution in [1.29, 1.82) is 0 Å². The van der Waals surface area contributed by atoms with Crippen molar-refractivity contribution >= 4 is 33.5 Å². The van der Waals surface area contributed by atoms with E-state index in [0.717, 1.165) is 46.0 Å². The first-order valence-electron chi connectivity index (χ1n) is 10.7. The molecule has 8 heteroatoms. The van der Waals surface area contributed by atoms with E-state index in [4.69, 9.17) is 9.47 Å². The second-order valence-electron chi connectivity index (χ2n) is 7.95. The Morgan fingerprint density at radius 2 is 1.84 bits per heavy atom. The van der Waals surface area contributed by atoms with Gasteiger partial charge in [0.1, 0.15) is 6.33 Å². The largest absolute Gasteiger partial charge is 0.493 e. The van der Waals surface area contributed by atoms with Gasteiger partial charge in [-0.2, -0.15) is 0 Å². The summed E-state index contributed by atoms with van der Waals surface area (Å²) in [7, 11) is 3.24. The molecule has 1 fully saturated rings. The highest BCUT2D eigenvalue weighted by Gasteiger charge is 2.26. The average Bonchev–Trinajstić information content (AvgIpc) is 3.30. The molecule has 32 heavy (non-hydrogen) atoms. The van der Waals surface area contributed by atoms with Gasteiger partial charge in [-0.1, -0.05) is 0 Å². The van der Waals surface area contributed by atoms with Crippen LogP contribution in [0.25, 0.3) is 21.8 Å². The smallest absolute Gasteiger partial charge is 0.321 e. The van der Waals surface area contributed by atoms with E-state index in [0.29, 0.717) is 24.6 Å². The van der Waals surface area contributed by atoms with Crippen molar-refractivity contribution in [2.75, 3.05) is 32.6 Å². The van der Waals surface area contributed by atoms with Gasteiger partial charge in [0.05, 0.1) is 25.4 Å². The number of methoxy groups -OCH3 is 2. The zero-order valence-corrected chi connectivity index (χ0v) is 18.1. The summed E-state index contributed by atoms with van der Waals surface area (Å²) in [5.41, 5.74) is 3.67. The lowest BCUT2D eigenvalue weighted by Gasteiger charge is -2.32. The fraction of sp³-hybridized carbons (Fsp3) is 0.292. The first kappa shape index (κ1) is 20.1. The number of amides is 2. The third-order valence-corrected chi connectivity index (χ3v) is 6.14. The fourth-order valence-electron chi connectivity index (χ4n) is 4.42. The second-order valence-corrected chi connectivity index (χ2v) is 7.95. The molecule has 164 valence electrons. The predicted octanol–water partition coefficient (Wildman–Crippen LogP) is 4.54. The predicted molar refractivity (Wildman–Crippen MR) is 124 cm³/mol. The molecular weight excluding hydrogens is 406 g/mol. The van der Waals surface area contributed by atoms with Crippen LogP contribution < -0.4 is 14.8 Å². The van der Waals surface area contributed by atoms with Crippen molar-refractivity contribution in [3.63, 3.8) is 0 Å². The molecule has 5 rings (SSSR count). The van der Waals surface area contributed by atoms with Gasteiger partial charge >= 0.3 is 6.03 Å². The standard InChI is InChI=1S/C24H25N5O3/c1-31-21-12-18-20(13-22(21)32-2)26-14-27-23(18)15-6-9-29(10-7-15)24(30)28-17-3-4-19-16(11-17)5-8-25-19/h3-5,8,11-15,25H,6-7,9-10H2,1-2H3,(H,28,30). The Morgan fingerprint density at radius 1 is 1.06 bits per heavy atom. The zero-order valence-electron chi connectivity index (χ0n) is 18.1. The van der Waals surface area contributed by atoms with E-state index >= 15 is 0 Å². The van der Waals surface area contributed by atoms with E-state index in [9.17, 15) is 4.79 Å². The second kappa shape index (κ2) is 8.37. The molecule has 1 aliphatic rings. The number of aromatic nitrogens is 3. The molecule has 0 saturated carbocycles. The number of rotatable bonds is 4. The molecule has 0 aliphatic carbocycles. The number of aromatic amines is 1. The van der Waals surface area contributed by atoms with Crippen molar-refractivity contribution in [3.8, 4) is 11.5 Å². The minimum absolute atomic E-state index is 0.0720. The number of benzene rings is 2. The summed E-state index contributed by atoms with van der Waals surface area (Å²) in [4.78, 5) is 26.8. The van der Waals surface area contributed by atoms with Crippen molar-refractivity contribution in [1.82, 2.24) is 19.9 Å². The molecule has 0 unspecified atom stereocenters. The fourth-order valence-corrected chi connectivity index (χ4v) is 4.42. The van der Waals surface area contributed by atoms with Crippen LogP contribution in [0.2, 0.25) is 0 Å². The molecule has 4 aromatic rings. The van der Waals surface area contributed by atoms with Crippen molar-refractivity contribution in [3.05, 3.63) is 54.6 Å². The first-order chi connectivity index (χ1) is 15.7. The third-order valence-electron chi connectivity index (χ3n) is 6.14. The molecule has 1 saturated heterocycles. The number of nitrogens with one attached hydrogen (secondary N) is 2. The minimum atomic E-state index is -0.0720. The highest BCUT2D eigenvalue weighted by molar-refractivity contribution is 5.93. The number of urea groups is 1. The SMILES string of the molecule is COc1cc2ncnc(C3CCN(C(=O)Nc4ccc5[nH]ccc5c4)CC3)c2cc1OC. The van der Waals surface area contributed by atoms with Gasteiger partial charge < -0.3 is 24.7 Å². The first-order valence-corrected chi connectivity index (χ1v) is 10.7. The molecule has 2 aromatic heterocycles. The van der Waals surface area contributed by atoms with Crippen LogP contribution in [0.5, 0.6) is 11.5 Å². The normalized spacial score (nSPS) is 14.6.